The number of aromatic nitrogens is 3. The minimum atomic E-state index is 0.225. The van der Waals surface area contributed by atoms with E-state index in [1.165, 1.54) is 0 Å². The molecule has 0 saturated carbocycles. The zero-order chi connectivity index (χ0) is 14.3. The molecule has 3 aromatic rings. The Bertz CT molecular complexity index is 777. The number of halogens is 1. The van der Waals surface area contributed by atoms with Gasteiger partial charge in [0.1, 0.15) is 11.3 Å². The first-order chi connectivity index (χ1) is 9.59. The Hall–Kier alpha value is -2.07. The van der Waals surface area contributed by atoms with Crippen molar-refractivity contribution in [3.05, 3.63) is 41.6 Å². The molecule has 4 nitrogen and oxygen atoms in total. The standard InChI is InChI=1S/C15H15ClN4/c1-9(2)20-14(10-5-3-6-11(16)13(10)17)19-12-7-4-8-18-15(12)20/h3-9H,17H2,1-2H3. The lowest BCUT2D eigenvalue weighted by Crippen LogP contribution is -2.05. The largest absolute Gasteiger partial charge is 0.397 e. The first kappa shape index (κ1) is 12.9. The van der Waals surface area contributed by atoms with E-state index in [2.05, 4.69) is 28.4 Å². The Labute approximate surface area is 122 Å². The molecule has 20 heavy (non-hydrogen) atoms. The van der Waals surface area contributed by atoms with Crippen LogP contribution in [0, 0.1) is 0 Å². The second kappa shape index (κ2) is 4.80. The van der Waals surface area contributed by atoms with Crippen molar-refractivity contribution in [2.45, 2.75) is 19.9 Å². The summed E-state index contributed by atoms with van der Waals surface area (Å²) in [6.07, 6.45) is 1.77. The van der Waals surface area contributed by atoms with Gasteiger partial charge in [-0.25, -0.2) is 9.97 Å². The highest BCUT2D eigenvalue weighted by Gasteiger charge is 2.18. The molecule has 0 aliphatic heterocycles. The van der Waals surface area contributed by atoms with Crippen LogP contribution in [0.3, 0.4) is 0 Å². The van der Waals surface area contributed by atoms with Crippen molar-refractivity contribution in [1.29, 1.82) is 0 Å². The Morgan fingerprint density at radius 3 is 2.75 bits per heavy atom. The number of imidazole rings is 1. The van der Waals surface area contributed by atoms with E-state index in [-0.39, 0.29) is 6.04 Å². The average Bonchev–Trinajstić information content (AvgIpc) is 2.81. The molecule has 0 bridgehead atoms. The van der Waals surface area contributed by atoms with Crippen LogP contribution in [0.4, 0.5) is 5.69 Å². The summed E-state index contributed by atoms with van der Waals surface area (Å²) in [4.78, 5) is 9.10. The molecule has 5 heteroatoms. The van der Waals surface area contributed by atoms with Crippen LogP contribution < -0.4 is 5.73 Å². The molecule has 0 atom stereocenters. The number of para-hydroxylation sites is 1. The molecule has 3 rings (SSSR count). The Balaban J connectivity index is 2.36. The predicted octanol–water partition coefficient (Wildman–Crippen LogP) is 3.91. The molecule has 0 saturated heterocycles. The van der Waals surface area contributed by atoms with Crippen molar-refractivity contribution in [1.82, 2.24) is 14.5 Å². The third-order valence-corrected chi connectivity index (χ3v) is 3.59. The van der Waals surface area contributed by atoms with Gasteiger partial charge in [0.05, 0.1) is 10.7 Å². The highest BCUT2D eigenvalue weighted by Crippen LogP contribution is 2.34. The van der Waals surface area contributed by atoms with Crippen LogP contribution in [0.2, 0.25) is 5.02 Å². The summed E-state index contributed by atoms with van der Waals surface area (Å²) in [5, 5.41) is 0.540. The van der Waals surface area contributed by atoms with Gasteiger partial charge in [-0.15, -0.1) is 0 Å². The van der Waals surface area contributed by atoms with Gasteiger partial charge in [-0.3, -0.25) is 0 Å². The van der Waals surface area contributed by atoms with E-state index in [1.54, 1.807) is 12.3 Å². The summed E-state index contributed by atoms with van der Waals surface area (Å²) in [6, 6.07) is 9.65. The summed E-state index contributed by atoms with van der Waals surface area (Å²) in [6.45, 7) is 4.19. The number of rotatable bonds is 2. The molecule has 0 fully saturated rings. The van der Waals surface area contributed by atoms with Crippen LogP contribution in [0.15, 0.2) is 36.5 Å². The third kappa shape index (κ3) is 1.93. The SMILES string of the molecule is CC(C)n1c(-c2cccc(Cl)c2N)nc2cccnc21. The van der Waals surface area contributed by atoms with Crippen molar-refractivity contribution in [2.24, 2.45) is 0 Å². The van der Waals surface area contributed by atoms with Gasteiger partial charge < -0.3 is 10.3 Å². The first-order valence-corrected chi connectivity index (χ1v) is 6.84. The maximum Gasteiger partial charge on any atom is 0.160 e. The van der Waals surface area contributed by atoms with Gasteiger partial charge in [-0.1, -0.05) is 17.7 Å². The maximum absolute atomic E-state index is 6.12. The highest BCUT2D eigenvalue weighted by molar-refractivity contribution is 6.33. The van der Waals surface area contributed by atoms with Crippen LogP contribution in [-0.2, 0) is 0 Å². The number of nitrogens with zero attached hydrogens (tertiary/aromatic N) is 3. The van der Waals surface area contributed by atoms with E-state index in [1.807, 2.05) is 24.3 Å². The van der Waals surface area contributed by atoms with Crippen LogP contribution in [0.1, 0.15) is 19.9 Å². The van der Waals surface area contributed by atoms with E-state index < -0.39 is 0 Å². The minimum Gasteiger partial charge on any atom is -0.397 e. The minimum absolute atomic E-state index is 0.225. The topological polar surface area (TPSA) is 56.7 Å². The lowest BCUT2D eigenvalue weighted by molar-refractivity contribution is 0.620. The average molecular weight is 287 g/mol. The Morgan fingerprint density at radius 1 is 1.20 bits per heavy atom. The van der Waals surface area contributed by atoms with Crippen molar-refractivity contribution in [2.75, 3.05) is 5.73 Å². The van der Waals surface area contributed by atoms with Crippen molar-refractivity contribution in [3.8, 4) is 11.4 Å². The van der Waals surface area contributed by atoms with E-state index in [0.29, 0.717) is 10.7 Å². The van der Waals surface area contributed by atoms with Crippen LogP contribution in [0.25, 0.3) is 22.6 Å². The van der Waals surface area contributed by atoms with E-state index in [0.717, 1.165) is 22.6 Å². The molecule has 0 aliphatic rings. The number of benzene rings is 1. The molecule has 102 valence electrons. The molecule has 0 spiro atoms. The number of nitrogen functional groups attached to an aromatic ring is 1. The molecule has 0 unspecified atom stereocenters. The smallest absolute Gasteiger partial charge is 0.160 e. The van der Waals surface area contributed by atoms with E-state index >= 15 is 0 Å². The quantitative estimate of drug-likeness (QED) is 0.727. The zero-order valence-electron chi connectivity index (χ0n) is 11.3. The van der Waals surface area contributed by atoms with Crippen LogP contribution in [0.5, 0.6) is 0 Å². The molecule has 0 radical (unpaired) electrons. The number of hydrogen-bond donors (Lipinski definition) is 1. The van der Waals surface area contributed by atoms with Gasteiger partial charge in [0, 0.05) is 17.8 Å². The van der Waals surface area contributed by atoms with Crippen LogP contribution in [-0.4, -0.2) is 14.5 Å². The molecule has 1 aromatic carbocycles. The van der Waals surface area contributed by atoms with Gasteiger partial charge in [-0.2, -0.15) is 0 Å². The maximum atomic E-state index is 6.12. The highest BCUT2D eigenvalue weighted by atomic mass is 35.5. The summed E-state index contributed by atoms with van der Waals surface area (Å²) in [5.41, 5.74) is 9.20. The molecular formula is C15H15ClN4. The molecule has 0 amide bonds. The normalized spacial score (nSPS) is 11.4. The van der Waals surface area contributed by atoms with Crippen LogP contribution >= 0.6 is 11.6 Å². The number of pyridine rings is 1. The number of anilines is 1. The second-order valence-electron chi connectivity index (χ2n) is 4.95. The van der Waals surface area contributed by atoms with Gasteiger partial charge in [0.15, 0.2) is 5.65 Å². The first-order valence-electron chi connectivity index (χ1n) is 6.47. The lowest BCUT2D eigenvalue weighted by Gasteiger charge is -2.14. The fourth-order valence-corrected chi connectivity index (χ4v) is 2.52. The summed E-state index contributed by atoms with van der Waals surface area (Å²) in [5.74, 6) is 0.800. The summed E-state index contributed by atoms with van der Waals surface area (Å²) < 4.78 is 2.08. The fourth-order valence-electron chi connectivity index (χ4n) is 2.34. The van der Waals surface area contributed by atoms with Crippen molar-refractivity contribution >= 4 is 28.5 Å². The molecular weight excluding hydrogens is 272 g/mol. The number of nitrogens with two attached hydrogens (primary N) is 1. The molecule has 2 aromatic heterocycles. The third-order valence-electron chi connectivity index (χ3n) is 3.26. The van der Waals surface area contributed by atoms with Crippen molar-refractivity contribution in [3.63, 3.8) is 0 Å². The molecule has 2 N–H and O–H groups in total. The fraction of sp³-hybridized carbons (Fsp3) is 0.200. The number of fused-ring (bicyclic) bond motifs is 1. The van der Waals surface area contributed by atoms with E-state index in [4.69, 9.17) is 17.3 Å². The second-order valence-corrected chi connectivity index (χ2v) is 5.35. The predicted molar refractivity (Wildman–Crippen MR) is 82.8 cm³/mol. The molecule has 0 aliphatic carbocycles. The van der Waals surface area contributed by atoms with Gasteiger partial charge in [-0.05, 0) is 38.1 Å². The summed E-state index contributed by atoms with van der Waals surface area (Å²) >= 11 is 6.12. The Morgan fingerprint density at radius 2 is 2.00 bits per heavy atom. The van der Waals surface area contributed by atoms with Gasteiger partial charge in [0.2, 0.25) is 0 Å². The van der Waals surface area contributed by atoms with Crippen molar-refractivity contribution < 1.29 is 0 Å². The van der Waals surface area contributed by atoms with Gasteiger partial charge >= 0.3 is 0 Å². The summed E-state index contributed by atoms with van der Waals surface area (Å²) in [7, 11) is 0. The number of hydrogen-bond acceptors (Lipinski definition) is 3. The Kier molecular flexibility index (Phi) is 3.10. The monoisotopic (exact) mass is 286 g/mol. The van der Waals surface area contributed by atoms with Gasteiger partial charge in [0.25, 0.3) is 0 Å². The molecule has 2 heterocycles. The zero-order valence-corrected chi connectivity index (χ0v) is 12.1. The van der Waals surface area contributed by atoms with E-state index in [9.17, 15) is 0 Å². The lowest BCUT2D eigenvalue weighted by atomic mass is 10.1.